The highest BCUT2D eigenvalue weighted by Gasteiger charge is 2.27. The van der Waals surface area contributed by atoms with Crippen LogP contribution in [0.3, 0.4) is 0 Å². The third kappa shape index (κ3) is 2.10. The van der Waals surface area contributed by atoms with Crippen LogP contribution in [0.4, 0.5) is 0 Å². The van der Waals surface area contributed by atoms with Crippen molar-refractivity contribution in [1.82, 2.24) is 5.32 Å². The van der Waals surface area contributed by atoms with Gasteiger partial charge in [-0.1, -0.05) is 25.7 Å². The van der Waals surface area contributed by atoms with E-state index in [1.54, 1.807) is 0 Å². The van der Waals surface area contributed by atoms with E-state index in [9.17, 15) is 0 Å². The second kappa shape index (κ2) is 4.71. The molecule has 2 heterocycles. The Labute approximate surface area is 114 Å². The quantitative estimate of drug-likeness (QED) is 0.885. The Kier molecular flexibility index (Phi) is 2.87. The number of nitrogens with one attached hydrogen (secondary N) is 1. The summed E-state index contributed by atoms with van der Waals surface area (Å²) in [6.07, 6.45) is 8.06. The molecule has 0 bridgehead atoms. The predicted octanol–water partition coefficient (Wildman–Crippen LogP) is 3.18. The summed E-state index contributed by atoms with van der Waals surface area (Å²) in [5, 5.41) is 3.70. The minimum atomic E-state index is 0.374. The number of rotatable bonds is 2. The molecule has 1 fully saturated rings. The monoisotopic (exact) mass is 259 g/mol. The van der Waals surface area contributed by atoms with E-state index in [1.165, 1.54) is 43.2 Å². The van der Waals surface area contributed by atoms with E-state index < -0.39 is 0 Å². The first-order chi connectivity index (χ1) is 9.40. The van der Waals surface area contributed by atoms with E-state index in [0.717, 1.165) is 30.4 Å². The molecular formula is C16H21NO2. The van der Waals surface area contributed by atoms with Crippen molar-refractivity contribution < 1.29 is 9.47 Å². The van der Waals surface area contributed by atoms with Gasteiger partial charge in [-0.15, -0.1) is 0 Å². The Morgan fingerprint density at radius 2 is 1.89 bits per heavy atom. The van der Waals surface area contributed by atoms with Crippen molar-refractivity contribution >= 4 is 0 Å². The highest BCUT2D eigenvalue weighted by atomic mass is 16.7. The highest BCUT2D eigenvalue weighted by molar-refractivity contribution is 5.50. The van der Waals surface area contributed by atoms with Gasteiger partial charge >= 0.3 is 0 Å². The van der Waals surface area contributed by atoms with E-state index in [2.05, 4.69) is 17.4 Å². The molecule has 1 atom stereocenters. The van der Waals surface area contributed by atoms with Crippen LogP contribution in [0, 0.1) is 5.92 Å². The fraction of sp³-hybridized carbons (Fsp3) is 0.625. The summed E-state index contributed by atoms with van der Waals surface area (Å²) in [6, 6.07) is 4.92. The lowest BCUT2D eigenvalue weighted by molar-refractivity contribution is 0.174. The van der Waals surface area contributed by atoms with E-state index in [1.807, 2.05) is 0 Å². The van der Waals surface area contributed by atoms with Crippen LogP contribution in [0.5, 0.6) is 11.5 Å². The van der Waals surface area contributed by atoms with Crippen LogP contribution in [-0.4, -0.2) is 13.3 Å². The maximum absolute atomic E-state index is 5.53. The zero-order valence-electron chi connectivity index (χ0n) is 11.3. The van der Waals surface area contributed by atoms with E-state index in [-0.39, 0.29) is 0 Å². The van der Waals surface area contributed by atoms with Gasteiger partial charge in [0.2, 0.25) is 6.79 Å². The topological polar surface area (TPSA) is 30.5 Å². The molecule has 19 heavy (non-hydrogen) atoms. The molecule has 1 N–H and O–H groups in total. The molecule has 3 nitrogen and oxygen atoms in total. The summed E-state index contributed by atoms with van der Waals surface area (Å²) in [7, 11) is 0. The first-order valence-corrected chi connectivity index (χ1v) is 7.56. The first kappa shape index (κ1) is 11.6. The SMILES string of the molecule is c1c2c(cc3c1OCO3)C(CC1CCCC1)NCC2. The molecule has 2 aliphatic heterocycles. The standard InChI is InChI=1S/C16H21NO2/c1-2-4-11(3-1)7-14-13-9-16-15(18-10-19-16)8-12(13)5-6-17-14/h8-9,11,14,17H,1-7,10H2. The Bertz CT molecular complexity index is 480. The van der Waals surface area contributed by atoms with Gasteiger partial charge in [-0.2, -0.15) is 0 Å². The summed E-state index contributed by atoms with van der Waals surface area (Å²) < 4.78 is 11.0. The minimum Gasteiger partial charge on any atom is -0.454 e. The lowest BCUT2D eigenvalue weighted by atomic mass is 9.87. The summed E-state index contributed by atoms with van der Waals surface area (Å²) in [5.41, 5.74) is 2.90. The molecule has 0 radical (unpaired) electrons. The molecule has 3 heteroatoms. The molecule has 0 saturated heterocycles. The van der Waals surface area contributed by atoms with E-state index in [0.29, 0.717) is 12.8 Å². The van der Waals surface area contributed by atoms with Crippen LogP contribution in [0.1, 0.15) is 49.3 Å². The fourth-order valence-corrected chi connectivity index (χ4v) is 3.82. The molecule has 0 aromatic heterocycles. The second-order valence-corrected chi connectivity index (χ2v) is 6.05. The van der Waals surface area contributed by atoms with Crippen molar-refractivity contribution in [3.8, 4) is 11.5 Å². The Hall–Kier alpha value is -1.22. The Morgan fingerprint density at radius 1 is 1.11 bits per heavy atom. The highest BCUT2D eigenvalue weighted by Crippen LogP contribution is 2.41. The van der Waals surface area contributed by atoms with E-state index in [4.69, 9.17) is 9.47 Å². The fourth-order valence-electron chi connectivity index (χ4n) is 3.82. The minimum absolute atomic E-state index is 0.374. The van der Waals surface area contributed by atoms with Crippen LogP contribution in [-0.2, 0) is 6.42 Å². The maximum Gasteiger partial charge on any atom is 0.231 e. The molecule has 1 aliphatic carbocycles. The van der Waals surface area contributed by atoms with Gasteiger partial charge in [-0.3, -0.25) is 0 Å². The molecule has 102 valence electrons. The Balaban J connectivity index is 1.62. The summed E-state index contributed by atoms with van der Waals surface area (Å²) in [6.45, 7) is 1.46. The normalized spacial score (nSPS) is 25.6. The summed E-state index contributed by atoms with van der Waals surface area (Å²) >= 11 is 0. The van der Waals surface area contributed by atoms with Crippen LogP contribution < -0.4 is 14.8 Å². The maximum atomic E-state index is 5.53. The molecule has 3 aliphatic rings. The molecule has 4 rings (SSSR count). The molecule has 1 saturated carbocycles. The van der Waals surface area contributed by atoms with Crippen molar-refractivity contribution in [3.05, 3.63) is 23.3 Å². The van der Waals surface area contributed by atoms with Crippen LogP contribution in [0.2, 0.25) is 0 Å². The number of ether oxygens (including phenoxy) is 2. The van der Waals surface area contributed by atoms with Crippen LogP contribution in [0.15, 0.2) is 12.1 Å². The predicted molar refractivity (Wildman–Crippen MR) is 73.6 cm³/mol. The average Bonchev–Trinajstić information content (AvgIpc) is 3.07. The van der Waals surface area contributed by atoms with Crippen molar-refractivity contribution in [2.24, 2.45) is 5.92 Å². The first-order valence-electron chi connectivity index (χ1n) is 7.56. The molecule has 0 spiro atoms. The third-order valence-electron chi connectivity index (χ3n) is 4.84. The van der Waals surface area contributed by atoms with Crippen LogP contribution in [0.25, 0.3) is 0 Å². The van der Waals surface area contributed by atoms with Gasteiger partial charge in [0.25, 0.3) is 0 Å². The van der Waals surface area contributed by atoms with E-state index >= 15 is 0 Å². The summed E-state index contributed by atoms with van der Waals surface area (Å²) in [4.78, 5) is 0. The molecule has 1 aromatic rings. The number of benzene rings is 1. The Morgan fingerprint density at radius 3 is 2.74 bits per heavy atom. The average molecular weight is 259 g/mol. The molecular weight excluding hydrogens is 238 g/mol. The smallest absolute Gasteiger partial charge is 0.231 e. The summed E-state index contributed by atoms with van der Waals surface area (Å²) in [5.74, 6) is 2.77. The van der Waals surface area contributed by atoms with Crippen molar-refractivity contribution in [1.29, 1.82) is 0 Å². The van der Waals surface area contributed by atoms with Crippen molar-refractivity contribution in [2.45, 2.75) is 44.6 Å². The lowest BCUT2D eigenvalue weighted by Crippen LogP contribution is -2.31. The van der Waals surface area contributed by atoms with Gasteiger partial charge in [-0.25, -0.2) is 0 Å². The van der Waals surface area contributed by atoms with Gasteiger partial charge in [0, 0.05) is 6.04 Å². The van der Waals surface area contributed by atoms with Crippen LogP contribution >= 0.6 is 0 Å². The number of hydrogen-bond acceptors (Lipinski definition) is 3. The number of fused-ring (bicyclic) bond motifs is 2. The largest absolute Gasteiger partial charge is 0.454 e. The van der Waals surface area contributed by atoms with Gasteiger partial charge in [0.05, 0.1) is 0 Å². The van der Waals surface area contributed by atoms with Gasteiger partial charge in [0.15, 0.2) is 11.5 Å². The second-order valence-electron chi connectivity index (χ2n) is 6.05. The van der Waals surface area contributed by atoms with Gasteiger partial charge in [-0.05, 0) is 48.6 Å². The molecule has 0 amide bonds. The van der Waals surface area contributed by atoms with Gasteiger partial charge < -0.3 is 14.8 Å². The molecule has 1 unspecified atom stereocenters. The lowest BCUT2D eigenvalue weighted by Gasteiger charge is -2.29. The van der Waals surface area contributed by atoms with Crippen molar-refractivity contribution in [3.63, 3.8) is 0 Å². The zero-order valence-corrected chi connectivity index (χ0v) is 11.3. The molecule has 1 aromatic carbocycles. The zero-order chi connectivity index (χ0) is 12.7. The number of hydrogen-bond donors (Lipinski definition) is 1. The third-order valence-corrected chi connectivity index (χ3v) is 4.84. The van der Waals surface area contributed by atoms with Gasteiger partial charge in [0.1, 0.15) is 0 Å². The van der Waals surface area contributed by atoms with Crippen molar-refractivity contribution in [2.75, 3.05) is 13.3 Å².